The van der Waals surface area contributed by atoms with E-state index in [1.165, 1.54) is 0 Å². The molecule has 2 rings (SSSR count). The van der Waals surface area contributed by atoms with Gasteiger partial charge in [-0.3, -0.25) is 10.1 Å². The van der Waals surface area contributed by atoms with Crippen LogP contribution in [-0.4, -0.2) is 9.49 Å². The SMILES string of the molecule is CCn1ccc(CNc2cc([N+](=O)[O-])c(C)cc2Br)c1. The van der Waals surface area contributed by atoms with Gasteiger partial charge in [-0.2, -0.15) is 0 Å². The molecule has 0 aliphatic rings. The normalized spacial score (nSPS) is 10.6. The van der Waals surface area contributed by atoms with Gasteiger partial charge >= 0.3 is 0 Å². The minimum Gasteiger partial charge on any atom is -0.380 e. The Balaban J connectivity index is 2.16. The third-order valence-electron chi connectivity index (χ3n) is 3.14. The molecule has 2 aromatic rings. The van der Waals surface area contributed by atoms with Crippen molar-refractivity contribution in [2.24, 2.45) is 0 Å². The van der Waals surface area contributed by atoms with Crippen molar-refractivity contribution in [3.05, 3.63) is 56.3 Å². The summed E-state index contributed by atoms with van der Waals surface area (Å²) in [7, 11) is 0. The number of nitrogens with zero attached hydrogens (tertiary/aromatic N) is 2. The van der Waals surface area contributed by atoms with Gasteiger partial charge in [0.2, 0.25) is 0 Å². The Hall–Kier alpha value is -1.82. The Morgan fingerprint density at radius 2 is 2.20 bits per heavy atom. The van der Waals surface area contributed by atoms with E-state index in [-0.39, 0.29) is 10.6 Å². The maximum absolute atomic E-state index is 11.0. The molecular weight excluding hydrogens is 322 g/mol. The van der Waals surface area contributed by atoms with Crippen LogP contribution < -0.4 is 5.32 Å². The number of benzene rings is 1. The van der Waals surface area contributed by atoms with Gasteiger partial charge < -0.3 is 9.88 Å². The molecule has 1 aromatic heterocycles. The van der Waals surface area contributed by atoms with Crippen LogP contribution in [0.2, 0.25) is 0 Å². The molecule has 1 N–H and O–H groups in total. The maximum atomic E-state index is 11.0. The number of nitro benzene ring substituents is 1. The van der Waals surface area contributed by atoms with Gasteiger partial charge in [-0.25, -0.2) is 0 Å². The minimum absolute atomic E-state index is 0.127. The highest BCUT2D eigenvalue weighted by Crippen LogP contribution is 2.30. The first-order valence-corrected chi connectivity index (χ1v) is 7.13. The average Bonchev–Trinajstić information content (AvgIpc) is 2.85. The molecule has 0 aliphatic carbocycles. The van der Waals surface area contributed by atoms with E-state index in [1.54, 1.807) is 19.1 Å². The summed E-state index contributed by atoms with van der Waals surface area (Å²) >= 11 is 3.43. The Morgan fingerprint density at radius 3 is 2.80 bits per heavy atom. The van der Waals surface area contributed by atoms with Gasteiger partial charge in [0.25, 0.3) is 5.69 Å². The lowest BCUT2D eigenvalue weighted by atomic mass is 10.2. The largest absolute Gasteiger partial charge is 0.380 e. The van der Waals surface area contributed by atoms with Gasteiger partial charge in [0, 0.05) is 41.6 Å². The van der Waals surface area contributed by atoms with Crippen LogP contribution in [0.1, 0.15) is 18.1 Å². The van der Waals surface area contributed by atoms with Crippen LogP contribution in [0.3, 0.4) is 0 Å². The van der Waals surface area contributed by atoms with Crippen LogP contribution in [0.15, 0.2) is 35.1 Å². The van der Waals surface area contributed by atoms with E-state index < -0.39 is 0 Å². The Morgan fingerprint density at radius 1 is 1.45 bits per heavy atom. The summed E-state index contributed by atoms with van der Waals surface area (Å²) in [6, 6.07) is 5.36. The fourth-order valence-corrected chi connectivity index (χ4v) is 2.58. The van der Waals surface area contributed by atoms with Gasteiger partial charge in [0.1, 0.15) is 0 Å². The second-order valence-electron chi connectivity index (χ2n) is 4.58. The number of hydrogen-bond donors (Lipinski definition) is 1. The molecule has 5 nitrogen and oxygen atoms in total. The fourth-order valence-electron chi connectivity index (χ4n) is 1.98. The van der Waals surface area contributed by atoms with Crippen molar-refractivity contribution in [3.63, 3.8) is 0 Å². The van der Waals surface area contributed by atoms with E-state index >= 15 is 0 Å². The molecule has 1 heterocycles. The van der Waals surface area contributed by atoms with E-state index in [4.69, 9.17) is 0 Å². The predicted molar refractivity (Wildman–Crippen MR) is 83.0 cm³/mol. The summed E-state index contributed by atoms with van der Waals surface area (Å²) in [5, 5.41) is 14.2. The van der Waals surface area contributed by atoms with Crippen molar-refractivity contribution in [2.45, 2.75) is 26.9 Å². The quantitative estimate of drug-likeness (QED) is 0.660. The van der Waals surface area contributed by atoms with Crippen molar-refractivity contribution < 1.29 is 4.92 Å². The van der Waals surface area contributed by atoms with Gasteiger partial charge in [-0.15, -0.1) is 0 Å². The van der Waals surface area contributed by atoms with Crippen LogP contribution in [-0.2, 0) is 13.1 Å². The second kappa shape index (κ2) is 6.09. The molecule has 6 heteroatoms. The molecular formula is C14H16BrN3O2. The standard InChI is InChI=1S/C14H16BrN3O2/c1-3-17-5-4-11(9-17)8-16-13-7-14(18(19)20)10(2)6-12(13)15/h4-7,9,16H,3,8H2,1-2H3. The second-order valence-corrected chi connectivity index (χ2v) is 5.43. The van der Waals surface area contributed by atoms with Crippen molar-refractivity contribution in [1.82, 2.24) is 4.57 Å². The summed E-state index contributed by atoms with van der Waals surface area (Å²) < 4.78 is 2.92. The van der Waals surface area contributed by atoms with E-state index in [1.807, 2.05) is 12.3 Å². The lowest BCUT2D eigenvalue weighted by Crippen LogP contribution is -2.01. The smallest absolute Gasteiger partial charge is 0.274 e. The molecule has 0 fully saturated rings. The summed E-state index contributed by atoms with van der Waals surface area (Å²) in [4.78, 5) is 10.6. The molecule has 0 unspecified atom stereocenters. The number of anilines is 1. The van der Waals surface area contributed by atoms with E-state index in [0.29, 0.717) is 12.1 Å². The highest BCUT2D eigenvalue weighted by Gasteiger charge is 2.14. The van der Waals surface area contributed by atoms with Crippen LogP contribution in [0.4, 0.5) is 11.4 Å². The van der Waals surface area contributed by atoms with E-state index in [2.05, 4.69) is 38.9 Å². The van der Waals surface area contributed by atoms with E-state index in [0.717, 1.165) is 22.3 Å². The van der Waals surface area contributed by atoms with Gasteiger partial charge in [0.15, 0.2) is 0 Å². The first kappa shape index (κ1) is 14.6. The monoisotopic (exact) mass is 337 g/mol. The van der Waals surface area contributed by atoms with Crippen LogP contribution in [0.25, 0.3) is 0 Å². The molecule has 0 aliphatic heterocycles. The van der Waals surface area contributed by atoms with E-state index in [9.17, 15) is 10.1 Å². The van der Waals surface area contributed by atoms with Gasteiger partial charge in [-0.1, -0.05) is 0 Å². The molecule has 0 bridgehead atoms. The molecule has 106 valence electrons. The lowest BCUT2D eigenvalue weighted by Gasteiger charge is -2.09. The highest BCUT2D eigenvalue weighted by atomic mass is 79.9. The molecule has 1 aromatic carbocycles. The molecule has 0 atom stereocenters. The van der Waals surface area contributed by atoms with Crippen molar-refractivity contribution in [2.75, 3.05) is 5.32 Å². The zero-order chi connectivity index (χ0) is 14.7. The number of nitrogens with one attached hydrogen (secondary N) is 1. The molecule has 0 spiro atoms. The Kier molecular flexibility index (Phi) is 4.44. The topological polar surface area (TPSA) is 60.1 Å². The van der Waals surface area contributed by atoms with Crippen LogP contribution >= 0.6 is 15.9 Å². The number of halogens is 1. The first-order valence-electron chi connectivity index (χ1n) is 6.34. The van der Waals surface area contributed by atoms with Crippen molar-refractivity contribution in [3.8, 4) is 0 Å². The third-order valence-corrected chi connectivity index (χ3v) is 3.80. The van der Waals surface area contributed by atoms with Crippen LogP contribution in [0.5, 0.6) is 0 Å². The molecule has 0 amide bonds. The Bertz CT molecular complexity index is 637. The predicted octanol–water partition coefficient (Wildman–Crippen LogP) is 4.10. The lowest BCUT2D eigenvalue weighted by molar-refractivity contribution is -0.385. The number of rotatable bonds is 5. The summed E-state index contributed by atoms with van der Waals surface area (Å²) in [6.07, 6.45) is 4.08. The third kappa shape index (κ3) is 3.19. The maximum Gasteiger partial charge on any atom is 0.274 e. The summed E-state index contributed by atoms with van der Waals surface area (Å²) in [5.74, 6) is 0. The molecule has 0 radical (unpaired) electrons. The molecule has 0 saturated carbocycles. The number of aromatic nitrogens is 1. The average molecular weight is 338 g/mol. The highest BCUT2D eigenvalue weighted by molar-refractivity contribution is 9.10. The van der Waals surface area contributed by atoms with Gasteiger partial charge in [0.05, 0.1) is 10.6 Å². The fraction of sp³-hybridized carbons (Fsp3) is 0.286. The zero-order valence-electron chi connectivity index (χ0n) is 11.4. The Labute approximate surface area is 125 Å². The number of hydrogen-bond acceptors (Lipinski definition) is 3. The van der Waals surface area contributed by atoms with Crippen LogP contribution in [0, 0.1) is 17.0 Å². The number of aryl methyl sites for hydroxylation is 2. The van der Waals surface area contributed by atoms with Gasteiger partial charge in [-0.05, 0) is 47.5 Å². The summed E-state index contributed by atoms with van der Waals surface area (Å²) in [5.41, 5.74) is 2.64. The zero-order valence-corrected chi connectivity index (χ0v) is 13.0. The first-order chi connectivity index (χ1) is 9.51. The van der Waals surface area contributed by atoms with Crippen molar-refractivity contribution in [1.29, 1.82) is 0 Å². The number of nitro groups is 1. The minimum atomic E-state index is -0.361. The molecule has 0 saturated heterocycles. The summed E-state index contributed by atoms with van der Waals surface area (Å²) in [6.45, 7) is 5.37. The van der Waals surface area contributed by atoms with Crippen molar-refractivity contribution >= 4 is 27.3 Å². The molecule has 20 heavy (non-hydrogen) atoms.